The van der Waals surface area contributed by atoms with E-state index >= 15 is 0 Å². The van der Waals surface area contributed by atoms with Gasteiger partial charge in [0.05, 0.1) is 12.8 Å². The molecule has 2 rings (SSSR count). The van der Waals surface area contributed by atoms with Crippen LogP contribution in [0.1, 0.15) is 17.4 Å². The highest BCUT2D eigenvalue weighted by atomic mass is 16.5. The number of nitrogens with zero attached hydrogens (tertiary/aromatic N) is 1. The molecule has 0 unspecified atom stereocenters. The van der Waals surface area contributed by atoms with Crippen molar-refractivity contribution in [3.05, 3.63) is 36.2 Å². The standard InChI is InChI=1S/C11H11NO3/c1-2-15-11(14)10-6-4-8-3-5-9(13)7-12(8)10/h3-7,13H,2H2,1H3. The SMILES string of the molecule is CCOC(=O)c1ccc2ccc(O)cn12. The van der Waals surface area contributed by atoms with Crippen molar-refractivity contribution in [2.75, 3.05) is 6.61 Å². The van der Waals surface area contributed by atoms with Gasteiger partial charge in [-0.05, 0) is 31.2 Å². The molecular weight excluding hydrogens is 194 g/mol. The van der Waals surface area contributed by atoms with Crippen molar-refractivity contribution in [2.24, 2.45) is 0 Å². The number of hydrogen-bond donors (Lipinski definition) is 1. The third kappa shape index (κ3) is 1.66. The second-order valence-corrected chi connectivity index (χ2v) is 3.12. The molecule has 0 saturated heterocycles. The summed E-state index contributed by atoms with van der Waals surface area (Å²) in [5.74, 6) is -0.271. The van der Waals surface area contributed by atoms with Crippen LogP contribution in [-0.4, -0.2) is 22.1 Å². The Morgan fingerprint density at radius 3 is 2.87 bits per heavy atom. The van der Waals surface area contributed by atoms with Crippen molar-refractivity contribution in [1.29, 1.82) is 0 Å². The predicted octanol–water partition coefficient (Wildman–Crippen LogP) is 1.82. The Morgan fingerprint density at radius 1 is 1.40 bits per heavy atom. The first-order chi connectivity index (χ1) is 7.22. The predicted molar refractivity (Wildman–Crippen MR) is 55.0 cm³/mol. The van der Waals surface area contributed by atoms with Crippen LogP contribution < -0.4 is 0 Å². The lowest BCUT2D eigenvalue weighted by molar-refractivity contribution is 0.0518. The van der Waals surface area contributed by atoms with E-state index in [1.165, 1.54) is 6.20 Å². The molecule has 0 aliphatic rings. The molecule has 0 fully saturated rings. The summed E-state index contributed by atoms with van der Waals surface area (Å²) in [7, 11) is 0. The Morgan fingerprint density at radius 2 is 2.13 bits per heavy atom. The van der Waals surface area contributed by atoms with Gasteiger partial charge in [-0.1, -0.05) is 0 Å². The van der Waals surface area contributed by atoms with Crippen LogP contribution in [0.25, 0.3) is 5.52 Å². The van der Waals surface area contributed by atoms with Gasteiger partial charge in [0, 0.05) is 5.52 Å². The Bertz CT molecular complexity index is 502. The molecule has 4 heteroatoms. The van der Waals surface area contributed by atoms with E-state index in [-0.39, 0.29) is 11.7 Å². The average molecular weight is 205 g/mol. The van der Waals surface area contributed by atoms with Crippen molar-refractivity contribution in [3.8, 4) is 5.75 Å². The maximum atomic E-state index is 11.5. The maximum absolute atomic E-state index is 11.5. The Hall–Kier alpha value is -1.97. The molecule has 0 bridgehead atoms. The lowest BCUT2D eigenvalue weighted by Gasteiger charge is -2.02. The lowest BCUT2D eigenvalue weighted by atomic mass is 10.4. The van der Waals surface area contributed by atoms with Gasteiger partial charge in [0.15, 0.2) is 0 Å². The molecule has 0 saturated carbocycles. The van der Waals surface area contributed by atoms with Crippen LogP contribution in [0.15, 0.2) is 30.5 Å². The van der Waals surface area contributed by atoms with Crippen LogP contribution in [-0.2, 0) is 4.74 Å². The van der Waals surface area contributed by atoms with E-state index in [4.69, 9.17) is 4.74 Å². The second kappa shape index (κ2) is 3.65. The average Bonchev–Trinajstić information content (AvgIpc) is 2.60. The number of aromatic nitrogens is 1. The molecule has 0 spiro atoms. The summed E-state index contributed by atoms with van der Waals surface area (Å²) in [4.78, 5) is 11.5. The number of esters is 1. The summed E-state index contributed by atoms with van der Waals surface area (Å²) < 4.78 is 6.50. The lowest BCUT2D eigenvalue weighted by Crippen LogP contribution is -2.07. The molecule has 2 aromatic rings. The first kappa shape index (κ1) is 9.58. The van der Waals surface area contributed by atoms with E-state index in [9.17, 15) is 9.90 Å². The highest BCUT2D eigenvalue weighted by Crippen LogP contribution is 2.16. The van der Waals surface area contributed by atoms with Crippen molar-refractivity contribution in [3.63, 3.8) is 0 Å². The molecule has 0 aliphatic carbocycles. The van der Waals surface area contributed by atoms with Gasteiger partial charge < -0.3 is 14.2 Å². The summed E-state index contributed by atoms with van der Waals surface area (Å²) in [5.41, 5.74) is 1.26. The normalized spacial score (nSPS) is 10.5. The minimum absolute atomic E-state index is 0.115. The summed E-state index contributed by atoms with van der Waals surface area (Å²) in [6, 6.07) is 6.78. The van der Waals surface area contributed by atoms with Gasteiger partial charge in [-0.2, -0.15) is 0 Å². The van der Waals surface area contributed by atoms with Crippen molar-refractivity contribution >= 4 is 11.5 Å². The third-order valence-electron chi connectivity index (χ3n) is 2.12. The molecule has 4 nitrogen and oxygen atoms in total. The fraction of sp³-hybridized carbons (Fsp3) is 0.182. The molecular formula is C11H11NO3. The minimum atomic E-state index is -0.386. The Labute approximate surface area is 86.7 Å². The molecule has 78 valence electrons. The summed E-state index contributed by atoms with van der Waals surface area (Å²) in [6.07, 6.45) is 1.49. The highest BCUT2D eigenvalue weighted by Gasteiger charge is 2.11. The fourth-order valence-electron chi connectivity index (χ4n) is 1.46. The third-order valence-corrected chi connectivity index (χ3v) is 2.12. The van der Waals surface area contributed by atoms with Gasteiger partial charge in [-0.3, -0.25) is 0 Å². The smallest absolute Gasteiger partial charge is 0.355 e. The molecule has 2 heterocycles. The zero-order valence-corrected chi connectivity index (χ0v) is 8.30. The van der Waals surface area contributed by atoms with E-state index < -0.39 is 0 Å². The Balaban J connectivity index is 2.52. The van der Waals surface area contributed by atoms with E-state index in [1.807, 2.05) is 0 Å². The Kier molecular flexibility index (Phi) is 2.33. The summed E-state index contributed by atoms with van der Waals surface area (Å²) in [6.45, 7) is 2.09. The van der Waals surface area contributed by atoms with Gasteiger partial charge >= 0.3 is 5.97 Å². The zero-order valence-electron chi connectivity index (χ0n) is 8.30. The summed E-state index contributed by atoms with van der Waals surface area (Å²) >= 11 is 0. The maximum Gasteiger partial charge on any atom is 0.355 e. The largest absolute Gasteiger partial charge is 0.506 e. The van der Waals surface area contributed by atoms with Gasteiger partial charge in [-0.15, -0.1) is 0 Å². The minimum Gasteiger partial charge on any atom is -0.506 e. The fourth-order valence-corrected chi connectivity index (χ4v) is 1.46. The highest BCUT2D eigenvalue weighted by molar-refractivity contribution is 5.89. The first-order valence-corrected chi connectivity index (χ1v) is 4.69. The molecule has 0 radical (unpaired) electrons. The van der Waals surface area contributed by atoms with Crippen LogP contribution in [0.2, 0.25) is 0 Å². The molecule has 0 aromatic carbocycles. The molecule has 0 aliphatic heterocycles. The first-order valence-electron chi connectivity index (χ1n) is 4.69. The number of rotatable bonds is 2. The van der Waals surface area contributed by atoms with Crippen molar-refractivity contribution in [1.82, 2.24) is 4.40 Å². The number of pyridine rings is 1. The molecule has 0 amide bonds. The molecule has 15 heavy (non-hydrogen) atoms. The van der Waals surface area contributed by atoms with Gasteiger partial charge in [0.1, 0.15) is 11.4 Å². The quantitative estimate of drug-likeness (QED) is 0.761. The van der Waals surface area contributed by atoms with Crippen LogP contribution >= 0.6 is 0 Å². The number of carbonyl (C=O) groups excluding carboxylic acids is 1. The van der Waals surface area contributed by atoms with Crippen molar-refractivity contribution in [2.45, 2.75) is 6.92 Å². The monoisotopic (exact) mass is 205 g/mol. The molecule has 1 N–H and O–H groups in total. The molecule has 2 aromatic heterocycles. The number of fused-ring (bicyclic) bond motifs is 1. The van der Waals surface area contributed by atoms with E-state index in [1.54, 1.807) is 35.6 Å². The number of carbonyl (C=O) groups is 1. The second-order valence-electron chi connectivity index (χ2n) is 3.12. The summed E-state index contributed by atoms with van der Waals surface area (Å²) in [5, 5.41) is 9.31. The number of ether oxygens (including phenoxy) is 1. The van der Waals surface area contributed by atoms with E-state index in [0.717, 1.165) is 5.52 Å². The van der Waals surface area contributed by atoms with Crippen molar-refractivity contribution < 1.29 is 14.6 Å². The van der Waals surface area contributed by atoms with Crippen LogP contribution in [0, 0.1) is 0 Å². The zero-order chi connectivity index (χ0) is 10.8. The van der Waals surface area contributed by atoms with E-state index in [0.29, 0.717) is 12.3 Å². The number of aromatic hydroxyl groups is 1. The molecule has 0 atom stereocenters. The van der Waals surface area contributed by atoms with Gasteiger partial charge in [0.2, 0.25) is 0 Å². The van der Waals surface area contributed by atoms with Gasteiger partial charge in [0.25, 0.3) is 0 Å². The van der Waals surface area contributed by atoms with Crippen LogP contribution in [0.3, 0.4) is 0 Å². The topological polar surface area (TPSA) is 50.9 Å². The van der Waals surface area contributed by atoms with Crippen LogP contribution in [0.5, 0.6) is 5.75 Å². The van der Waals surface area contributed by atoms with Crippen LogP contribution in [0.4, 0.5) is 0 Å². The van der Waals surface area contributed by atoms with Gasteiger partial charge in [-0.25, -0.2) is 4.79 Å². The number of hydrogen-bond acceptors (Lipinski definition) is 3. The van der Waals surface area contributed by atoms with E-state index in [2.05, 4.69) is 0 Å².